The van der Waals surface area contributed by atoms with E-state index >= 15 is 0 Å². The Morgan fingerprint density at radius 2 is 1.63 bits per heavy atom. The highest BCUT2D eigenvalue weighted by Gasteiger charge is 2.39. The molecule has 4 rings (SSSR count). The van der Waals surface area contributed by atoms with Crippen LogP contribution in [-0.4, -0.2) is 65.0 Å². The average molecular weight is 592 g/mol. The third kappa shape index (κ3) is 8.44. The molecule has 1 heterocycles. The number of benzene rings is 2. The van der Waals surface area contributed by atoms with Gasteiger partial charge in [0, 0.05) is 18.5 Å². The number of carbonyl (C=O) groups is 4. The zero-order chi connectivity index (χ0) is 30.9. The molecule has 9 heteroatoms. The summed E-state index contributed by atoms with van der Waals surface area (Å²) in [6.45, 7) is 4.21. The molecule has 0 radical (unpaired) electrons. The second-order valence-corrected chi connectivity index (χ2v) is 12.3. The maximum atomic E-state index is 14.0. The molecular weight excluding hydrogens is 546 g/mol. The third-order valence-electron chi connectivity index (χ3n) is 8.60. The molecular formula is C34H45N3O6. The Morgan fingerprint density at radius 3 is 2.28 bits per heavy atom. The average Bonchev–Trinajstić information content (AvgIpc) is 3.34. The van der Waals surface area contributed by atoms with E-state index < -0.39 is 42.0 Å². The maximum Gasteiger partial charge on any atom is 0.336 e. The van der Waals surface area contributed by atoms with Crippen LogP contribution < -0.4 is 10.6 Å². The molecule has 0 spiro atoms. The van der Waals surface area contributed by atoms with Gasteiger partial charge >= 0.3 is 5.97 Å². The number of rotatable bonds is 13. The Hall–Kier alpha value is -3.72. The first-order chi connectivity index (χ1) is 20.7. The van der Waals surface area contributed by atoms with Gasteiger partial charge in [-0.1, -0.05) is 94.5 Å². The number of ether oxygens (including phenoxy) is 1. The highest BCUT2D eigenvalue weighted by atomic mass is 16.5. The van der Waals surface area contributed by atoms with Crippen molar-refractivity contribution < 1.29 is 29.0 Å². The van der Waals surface area contributed by atoms with Gasteiger partial charge in [-0.25, -0.2) is 4.79 Å². The van der Waals surface area contributed by atoms with Crippen LogP contribution >= 0.6 is 0 Å². The minimum atomic E-state index is -1.52. The van der Waals surface area contributed by atoms with E-state index in [0.717, 1.165) is 43.2 Å². The molecule has 9 nitrogen and oxygen atoms in total. The van der Waals surface area contributed by atoms with Gasteiger partial charge < -0.3 is 25.4 Å². The number of hydrogen-bond acceptors (Lipinski definition) is 6. The third-order valence-corrected chi connectivity index (χ3v) is 8.60. The molecule has 4 atom stereocenters. The van der Waals surface area contributed by atoms with Crippen LogP contribution in [0.25, 0.3) is 0 Å². The number of nitrogens with zero attached hydrogens (tertiary/aromatic N) is 1. The molecule has 0 bridgehead atoms. The first-order valence-electron chi connectivity index (χ1n) is 15.5. The second kappa shape index (κ2) is 15.1. The highest BCUT2D eigenvalue weighted by molar-refractivity contribution is 6.01. The van der Waals surface area contributed by atoms with Crippen LogP contribution in [0.5, 0.6) is 0 Å². The van der Waals surface area contributed by atoms with Crippen LogP contribution in [0.15, 0.2) is 54.6 Å². The van der Waals surface area contributed by atoms with E-state index in [-0.39, 0.29) is 24.2 Å². The molecule has 1 unspecified atom stereocenters. The molecule has 1 saturated carbocycles. The molecule has 2 aromatic carbocycles. The van der Waals surface area contributed by atoms with Crippen molar-refractivity contribution in [1.29, 1.82) is 0 Å². The molecule has 43 heavy (non-hydrogen) atoms. The summed E-state index contributed by atoms with van der Waals surface area (Å²) in [4.78, 5) is 55.1. The quantitative estimate of drug-likeness (QED) is 0.305. The second-order valence-electron chi connectivity index (χ2n) is 12.3. The zero-order valence-electron chi connectivity index (χ0n) is 25.5. The zero-order valence-corrected chi connectivity index (χ0v) is 25.5. The Labute approximate surface area is 254 Å². The van der Waals surface area contributed by atoms with Gasteiger partial charge in [-0.05, 0) is 41.9 Å². The Bertz CT molecular complexity index is 1260. The van der Waals surface area contributed by atoms with Crippen molar-refractivity contribution in [3.05, 3.63) is 71.3 Å². The van der Waals surface area contributed by atoms with Crippen LogP contribution in [0.2, 0.25) is 0 Å². The minimum Gasteiger partial charge on any atom is -0.467 e. The van der Waals surface area contributed by atoms with Crippen molar-refractivity contribution in [3.8, 4) is 0 Å². The summed E-state index contributed by atoms with van der Waals surface area (Å²) >= 11 is 0. The number of hydrogen-bond donors (Lipinski definition) is 3. The van der Waals surface area contributed by atoms with Crippen LogP contribution in [0.3, 0.4) is 0 Å². The van der Waals surface area contributed by atoms with E-state index in [1.807, 2.05) is 62.4 Å². The number of carbonyl (C=O) groups excluding carboxylic acids is 4. The van der Waals surface area contributed by atoms with Crippen molar-refractivity contribution in [2.24, 2.45) is 11.8 Å². The number of fused-ring (bicyclic) bond motifs is 1. The van der Waals surface area contributed by atoms with Crippen molar-refractivity contribution in [2.45, 2.75) is 96.0 Å². The normalized spacial score (nSPS) is 18.0. The topological polar surface area (TPSA) is 125 Å². The Kier molecular flexibility index (Phi) is 11.3. The largest absolute Gasteiger partial charge is 0.467 e. The summed E-state index contributed by atoms with van der Waals surface area (Å²) in [5, 5.41) is 16.6. The molecule has 1 fully saturated rings. The molecule has 0 aromatic heterocycles. The molecule has 0 saturated heterocycles. The van der Waals surface area contributed by atoms with E-state index in [1.165, 1.54) is 7.11 Å². The van der Waals surface area contributed by atoms with E-state index in [1.54, 1.807) is 11.0 Å². The van der Waals surface area contributed by atoms with Gasteiger partial charge in [0.2, 0.25) is 11.8 Å². The monoisotopic (exact) mass is 591 g/mol. The molecule has 232 valence electrons. The van der Waals surface area contributed by atoms with Crippen molar-refractivity contribution in [1.82, 2.24) is 15.5 Å². The van der Waals surface area contributed by atoms with Gasteiger partial charge in [0.15, 0.2) is 6.10 Å². The number of aliphatic hydroxyl groups is 1. The summed E-state index contributed by atoms with van der Waals surface area (Å²) in [6.07, 6.45) is 4.81. The van der Waals surface area contributed by atoms with E-state index in [4.69, 9.17) is 4.74 Å². The predicted molar refractivity (Wildman–Crippen MR) is 163 cm³/mol. The van der Waals surface area contributed by atoms with E-state index in [0.29, 0.717) is 24.9 Å². The van der Waals surface area contributed by atoms with E-state index in [9.17, 15) is 24.3 Å². The molecule has 1 aliphatic carbocycles. The lowest BCUT2D eigenvalue weighted by atomic mass is 9.83. The van der Waals surface area contributed by atoms with Crippen molar-refractivity contribution in [3.63, 3.8) is 0 Å². The molecule has 2 aromatic rings. The number of amides is 3. The summed E-state index contributed by atoms with van der Waals surface area (Å²) in [5.41, 5.74) is 2.33. The number of aliphatic hydroxyl groups excluding tert-OH is 1. The van der Waals surface area contributed by atoms with Gasteiger partial charge in [-0.2, -0.15) is 0 Å². The van der Waals surface area contributed by atoms with Gasteiger partial charge in [0.05, 0.1) is 13.2 Å². The fourth-order valence-electron chi connectivity index (χ4n) is 6.30. The maximum absolute atomic E-state index is 14.0. The number of nitrogens with one attached hydrogen (secondary N) is 2. The minimum absolute atomic E-state index is 0.0589. The predicted octanol–water partition coefficient (Wildman–Crippen LogP) is 3.77. The van der Waals surface area contributed by atoms with Crippen LogP contribution in [-0.2, 0) is 32.1 Å². The lowest BCUT2D eigenvalue weighted by Gasteiger charge is -2.32. The fourth-order valence-corrected chi connectivity index (χ4v) is 6.30. The smallest absolute Gasteiger partial charge is 0.336 e. The van der Waals surface area contributed by atoms with Crippen LogP contribution in [0, 0.1) is 11.8 Å². The fraction of sp³-hybridized carbons (Fsp3) is 0.529. The number of methoxy groups -OCH3 is 1. The van der Waals surface area contributed by atoms with Crippen molar-refractivity contribution in [2.75, 3.05) is 7.11 Å². The first-order valence-corrected chi connectivity index (χ1v) is 15.5. The lowest BCUT2D eigenvalue weighted by Crippen LogP contribution is -2.58. The first kappa shape index (κ1) is 32.2. The molecule has 1 aliphatic heterocycles. The van der Waals surface area contributed by atoms with Gasteiger partial charge in [0.1, 0.15) is 12.1 Å². The van der Waals surface area contributed by atoms with E-state index in [2.05, 4.69) is 10.6 Å². The summed E-state index contributed by atoms with van der Waals surface area (Å²) < 4.78 is 4.79. The van der Waals surface area contributed by atoms with Crippen LogP contribution in [0.1, 0.15) is 80.3 Å². The van der Waals surface area contributed by atoms with Crippen LogP contribution in [0.4, 0.5) is 0 Å². The van der Waals surface area contributed by atoms with Gasteiger partial charge in [0.25, 0.3) is 5.91 Å². The Balaban J connectivity index is 1.55. The molecule has 3 amide bonds. The highest BCUT2D eigenvalue weighted by Crippen LogP contribution is 2.29. The summed E-state index contributed by atoms with van der Waals surface area (Å²) in [7, 11) is 1.21. The molecule has 3 N–H and O–H groups in total. The Morgan fingerprint density at radius 1 is 0.953 bits per heavy atom. The van der Waals surface area contributed by atoms with Gasteiger partial charge in [-0.3, -0.25) is 14.4 Å². The number of esters is 1. The summed E-state index contributed by atoms with van der Waals surface area (Å²) in [6, 6.07) is 14.2. The standard InChI is InChI=1S/C34H45N3O6/c1-22(2)18-28(31(39)35-27(30(38)34(42)43-3)19-23-12-6-4-7-13-23)36-32(40)29(20-24-14-8-5-9-15-24)37-21-25-16-10-11-17-26(25)33(37)41/h5,8-11,14-17,22-23,27-30,38H,4,6-7,12-13,18-21H2,1-3H3,(H,35,39)(H,36,40)/t27-,28-,29-,30?/m0/s1. The van der Waals surface area contributed by atoms with Gasteiger partial charge in [-0.15, -0.1) is 0 Å². The SMILES string of the molecule is COC(=O)C(O)[C@H](CC1CCCCC1)NC(=O)[C@H](CC(C)C)NC(=O)[C@H](Cc1ccccc1)N1Cc2ccccc2C1=O. The summed E-state index contributed by atoms with van der Waals surface area (Å²) in [5.74, 6) is -1.59. The lowest BCUT2D eigenvalue weighted by molar-refractivity contribution is -0.153. The van der Waals surface area contributed by atoms with Crippen molar-refractivity contribution >= 4 is 23.7 Å². The molecule has 2 aliphatic rings.